The highest BCUT2D eigenvalue weighted by Crippen LogP contribution is 2.27. The van der Waals surface area contributed by atoms with Crippen LogP contribution >= 0.6 is 11.6 Å². The second-order valence-corrected chi connectivity index (χ2v) is 5.61. The SMILES string of the molecule is O=C(O)CNc1nc(Nc2ccc(F)cc2Cl)cc(-c2cccnc2)n1. The number of aromatic nitrogens is 3. The predicted molar refractivity (Wildman–Crippen MR) is 96.1 cm³/mol. The molecule has 0 saturated heterocycles. The van der Waals surface area contributed by atoms with Gasteiger partial charge >= 0.3 is 5.97 Å². The molecule has 132 valence electrons. The van der Waals surface area contributed by atoms with Gasteiger partial charge in [0.1, 0.15) is 18.2 Å². The second kappa shape index (κ2) is 7.75. The van der Waals surface area contributed by atoms with Crippen molar-refractivity contribution in [1.82, 2.24) is 15.0 Å². The van der Waals surface area contributed by atoms with Crippen molar-refractivity contribution in [2.75, 3.05) is 17.2 Å². The summed E-state index contributed by atoms with van der Waals surface area (Å²) < 4.78 is 13.2. The van der Waals surface area contributed by atoms with Gasteiger partial charge in [-0.1, -0.05) is 11.6 Å². The first-order valence-corrected chi connectivity index (χ1v) is 7.86. The molecule has 0 spiro atoms. The highest BCUT2D eigenvalue weighted by molar-refractivity contribution is 6.33. The Morgan fingerprint density at radius 3 is 2.77 bits per heavy atom. The van der Waals surface area contributed by atoms with E-state index in [1.165, 1.54) is 18.2 Å². The molecule has 2 heterocycles. The van der Waals surface area contributed by atoms with E-state index in [1.54, 1.807) is 24.5 Å². The molecule has 26 heavy (non-hydrogen) atoms. The molecule has 1 aromatic carbocycles. The molecule has 0 radical (unpaired) electrons. The average Bonchev–Trinajstić information content (AvgIpc) is 2.63. The quantitative estimate of drug-likeness (QED) is 0.607. The van der Waals surface area contributed by atoms with Crippen molar-refractivity contribution in [3.63, 3.8) is 0 Å². The van der Waals surface area contributed by atoms with Gasteiger partial charge < -0.3 is 15.7 Å². The maximum absolute atomic E-state index is 13.2. The Hall–Kier alpha value is -3.26. The molecule has 7 nitrogen and oxygen atoms in total. The zero-order valence-electron chi connectivity index (χ0n) is 13.3. The fourth-order valence-electron chi connectivity index (χ4n) is 2.14. The molecule has 0 fully saturated rings. The molecule has 0 aliphatic heterocycles. The molecule has 9 heteroatoms. The number of pyridine rings is 1. The molecule has 3 aromatic rings. The summed E-state index contributed by atoms with van der Waals surface area (Å²) in [4.78, 5) is 23.3. The van der Waals surface area contributed by atoms with E-state index in [0.717, 1.165) is 5.56 Å². The highest BCUT2D eigenvalue weighted by Gasteiger charge is 2.10. The molecule has 0 saturated carbocycles. The number of benzene rings is 1. The first-order valence-electron chi connectivity index (χ1n) is 7.48. The Labute approximate surface area is 152 Å². The summed E-state index contributed by atoms with van der Waals surface area (Å²) >= 11 is 6.03. The number of carbonyl (C=O) groups is 1. The smallest absolute Gasteiger partial charge is 0.322 e. The zero-order chi connectivity index (χ0) is 18.5. The summed E-state index contributed by atoms with van der Waals surface area (Å²) in [6.07, 6.45) is 3.25. The molecule has 0 unspecified atom stereocenters. The topological polar surface area (TPSA) is 100 Å². The lowest BCUT2D eigenvalue weighted by molar-refractivity contribution is -0.134. The molecular formula is C17H13ClFN5O2. The number of hydrogen-bond donors (Lipinski definition) is 3. The lowest BCUT2D eigenvalue weighted by atomic mass is 10.2. The summed E-state index contributed by atoms with van der Waals surface area (Å²) in [5.74, 6) is -1.02. The van der Waals surface area contributed by atoms with Crippen molar-refractivity contribution in [3.05, 3.63) is 59.6 Å². The molecule has 3 N–H and O–H groups in total. The number of carboxylic acids is 1. The Bertz CT molecular complexity index is 940. The third kappa shape index (κ3) is 4.42. The number of carboxylic acid groups (broad SMARTS) is 1. The van der Waals surface area contributed by atoms with Gasteiger partial charge in [-0.3, -0.25) is 9.78 Å². The van der Waals surface area contributed by atoms with Crippen LogP contribution in [0.2, 0.25) is 5.02 Å². The minimum atomic E-state index is -1.04. The molecule has 2 aromatic heterocycles. The van der Waals surface area contributed by atoms with Gasteiger partial charge in [-0.15, -0.1) is 0 Å². The summed E-state index contributed by atoms with van der Waals surface area (Å²) in [6.45, 7) is -0.340. The van der Waals surface area contributed by atoms with Crippen LogP contribution in [-0.4, -0.2) is 32.6 Å². The fraction of sp³-hybridized carbons (Fsp3) is 0.0588. The molecule has 0 amide bonds. The lowest BCUT2D eigenvalue weighted by Gasteiger charge is -2.11. The minimum absolute atomic E-state index is 0.120. The van der Waals surface area contributed by atoms with E-state index in [2.05, 4.69) is 25.6 Å². The molecule has 3 rings (SSSR count). The van der Waals surface area contributed by atoms with Crippen LogP contribution in [0.25, 0.3) is 11.3 Å². The maximum Gasteiger partial charge on any atom is 0.322 e. The van der Waals surface area contributed by atoms with Crippen molar-refractivity contribution in [2.45, 2.75) is 0 Å². The molecule has 0 bridgehead atoms. The standard InChI is InChI=1S/C17H13ClFN5O2/c18-12-6-11(19)3-4-13(12)22-15-7-14(10-2-1-5-20-8-10)23-17(24-15)21-9-16(25)26/h1-8H,9H2,(H,25,26)(H2,21,22,23,24). The number of nitrogens with one attached hydrogen (secondary N) is 2. The summed E-state index contributed by atoms with van der Waals surface area (Å²) in [7, 11) is 0. The lowest BCUT2D eigenvalue weighted by Crippen LogP contribution is -2.15. The summed E-state index contributed by atoms with van der Waals surface area (Å²) in [6, 6.07) is 9.14. The van der Waals surface area contributed by atoms with Gasteiger partial charge in [-0.25, -0.2) is 9.37 Å². The Balaban J connectivity index is 1.97. The predicted octanol–water partition coefficient (Wildman–Crippen LogP) is 3.57. The maximum atomic E-state index is 13.2. The van der Waals surface area contributed by atoms with Crippen LogP contribution in [0.15, 0.2) is 48.8 Å². The molecule has 0 aliphatic carbocycles. The van der Waals surface area contributed by atoms with Gasteiger partial charge in [0.25, 0.3) is 0 Å². The largest absolute Gasteiger partial charge is 0.480 e. The van der Waals surface area contributed by atoms with E-state index in [4.69, 9.17) is 16.7 Å². The van der Waals surface area contributed by atoms with Crippen molar-refractivity contribution in [2.24, 2.45) is 0 Å². The van der Waals surface area contributed by atoms with Crippen LogP contribution in [0, 0.1) is 5.82 Å². The van der Waals surface area contributed by atoms with E-state index >= 15 is 0 Å². The molecular weight excluding hydrogens is 361 g/mol. The number of halogens is 2. The van der Waals surface area contributed by atoms with Gasteiger partial charge in [-0.05, 0) is 30.3 Å². The Morgan fingerprint density at radius 2 is 2.08 bits per heavy atom. The summed E-state index contributed by atoms with van der Waals surface area (Å²) in [5.41, 5.74) is 1.70. The number of rotatable bonds is 6. The third-order valence-electron chi connectivity index (χ3n) is 3.28. The Kier molecular flexibility index (Phi) is 5.23. The van der Waals surface area contributed by atoms with Crippen molar-refractivity contribution in [3.8, 4) is 11.3 Å². The van der Waals surface area contributed by atoms with E-state index < -0.39 is 11.8 Å². The van der Waals surface area contributed by atoms with Crippen LogP contribution in [0.3, 0.4) is 0 Å². The zero-order valence-corrected chi connectivity index (χ0v) is 14.0. The van der Waals surface area contributed by atoms with E-state index in [1.807, 2.05) is 6.07 Å². The van der Waals surface area contributed by atoms with Crippen LogP contribution in [0.1, 0.15) is 0 Å². The van der Waals surface area contributed by atoms with Crippen LogP contribution in [0.4, 0.5) is 21.8 Å². The van der Waals surface area contributed by atoms with Gasteiger partial charge in [0.15, 0.2) is 0 Å². The van der Waals surface area contributed by atoms with Gasteiger partial charge in [-0.2, -0.15) is 4.98 Å². The highest BCUT2D eigenvalue weighted by atomic mass is 35.5. The van der Waals surface area contributed by atoms with Crippen molar-refractivity contribution >= 4 is 35.0 Å². The fourth-order valence-corrected chi connectivity index (χ4v) is 2.35. The number of hydrogen-bond acceptors (Lipinski definition) is 6. The minimum Gasteiger partial charge on any atom is -0.480 e. The second-order valence-electron chi connectivity index (χ2n) is 5.20. The van der Waals surface area contributed by atoms with Gasteiger partial charge in [0, 0.05) is 24.0 Å². The van der Waals surface area contributed by atoms with Crippen LogP contribution in [-0.2, 0) is 4.79 Å². The Morgan fingerprint density at radius 1 is 1.23 bits per heavy atom. The van der Waals surface area contributed by atoms with Crippen LogP contribution in [0.5, 0.6) is 0 Å². The first-order chi connectivity index (χ1) is 12.5. The van der Waals surface area contributed by atoms with E-state index in [9.17, 15) is 9.18 Å². The van der Waals surface area contributed by atoms with Gasteiger partial charge in [0.05, 0.1) is 16.4 Å². The summed E-state index contributed by atoms with van der Waals surface area (Å²) in [5, 5.41) is 14.6. The van der Waals surface area contributed by atoms with E-state index in [-0.39, 0.29) is 17.5 Å². The van der Waals surface area contributed by atoms with Crippen molar-refractivity contribution < 1.29 is 14.3 Å². The average molecular weight is 374 g/mol. The van der Waals surface area contributed by atoms with Gasteiger partial charge in [0.2, 0.25) is 5.95 Å². The van der Waals surface area contributed by atoms with Crippen molar-refractivity contribution in [1.29, 1.82) is 0 Å². The van der Waals surface area contributed by atoms with E-state index in [0.29, 0.717) is 17.2 Å². The third-order valence-corrected chi connectivity index (χ3v) is 3.59. The monoisotopic (exact) mass is 373 g/mol. The first kappa shape index (κ1) is 17.6. The number of nitrogens with zero attached hydrogens (tertiary/aromatic N) is 3. The molecule has 0 aliphatic rings. The van der Waals surface area contributed by atoms with Crippen LogP contribution < -0.4 is 10.6 Å². The number of anilines is 3. The normalized spacial score (nSPS) is 10.4. The molecule has 0 atom stereocenters. The number of aliphatic carboxylic acids is 1.